The second-order valence-corrected chi connectivity index (χ2v) is 6.33. The van der Waals surface area contributed by atoms with E-state index in [2.05, 4.69) is 57.4 Å². The molecule has 2 atom stereocenters. The number of hydrogen-bond donors (Lipinski definition) is 2. The summed E-state index contributed by atoms with van der Waals surface area (Å²) < 4.78 is 5.75. The molecule has 0 bridgehead atoms. The summed E-state index contributed by atoms with van der Waals surface area (Å²) >= 11 is 0. The minimum absolute atomic E-state index is 0.153. The fourth-order valence-electron chi connectivity index (χ4n) is 2.43. The van der Waals surface area contributed by atoms with E-state index in [0.717, 1.165) is 19.4 Å². The molecule has 0 fully saturated rings. The molecule has 0 saturated carbocycles. The van der Waals surface area contributed by atoms with Crippen molar-refractivity contribution in [2.45, 2.75) is 65.0 Å². The molecule has 2 unspecified atom stereocenters. The van der Waals surface area contributed by atoms with Crippen LogP contribution >= 0.6 is 0 Å². The highest BCUT2D eigenvalue weighted by Gasteiger charge is 2.20. The third-order valence-electron chi connectivity index (χ3n) is 3.72. The van der Waals surface area contributed by atoms with Crippen LogP contribution in [-0.4, -0.2) is 18.8 Å². The maximum atomic E-state index is 5.75. The summed E-state index contributed by atoms with van der Waals surface area (Å²) in [7, 11) is 0. The van der Waals surface area contributed by atoms with Gasteiger partial charge in [-0.15, -0.1) is 0 Å². The molecule has 20 heavy (non-hydrogen) atoms. The number of nitrogens with two attached hydrogens (primary N) is 1. The minimum Gasteiger partial charge on any atom is -0.377 e. The van der Waals surface area contributed by atoms with Gasteiger partial charge in [0, 0.05) is 6.61 Å². The second kappa shape index (κ2) is 7.77. The Morgan fingerprint density at radius 1 is 1.15 bits per heavy atom. The fraction of sp³-hybridized carbons (Fsp3) is 0.647. The Bertz CT molecular complexity index is 381. The molecule has 0 radical (unpaired) electrons. The summed E-state index contributed by atoms with van der Waals surface area (Å²) in [5.74, 6) is 5.70. The van der Waals surface area contributed by atoms with Crippen molar-refractivity contribution in [3.05, 3.63) is 35.4 Å². The van der Waals surface area contributed by atoms with Crippen LogP contribution in [0.4, 0.5) is 0 Å². The van der Waals surface area contributed by atoms with Crippen LogP contribution in [-0.2, 0) is 16.6 Å². The molecular weight excluding hydrogens is 248 g/mol. The predicted octanol–water partition coefficient (Wildman–Crippen LogP) is 3.17. The van der Waals surface area contributed by atoms with Gasteiger partial charge in [-0.05, 0) is 36.3 Å². The van der Waals surface area contributed by atoms with Gasteiger partial charge in [0.25, 0.3) is 0 Å². The van der Waals surface area contributed by atoms with Gasteiger partial charge < -0.3 is 4.74 Å². The van der Waals surface area contributed by atoms with E-state index in [1.165, 1.54) is 11.1 Å². The van der Waals surface area contributed by atoms with Crippen molar-refractivity contribution in [3.63, 3.8) is 0 Å². The van der Waals surface area contributed by atoms with Crippen molar-refractivity contribution in [1.82, 2.24) is 5.43 Å². The SMILES string of the molecule is CCOC(CC)C(Cc1ccc(C(C)(C)C)cc1)NN. The van der Waals surface area contributed by atoms with Crippen LogP contribution in [0.5, 0.6) is 0 Å². The monoisotopic (exact) mass is 278 g/mol. The molecule has 0 aromatic heterocycles. The molecule has 0 heterocycles. The van der Waals surface area contributed by atoms with Gasteiger partial charge in [-0.25, -0.2) is 0 Å². The molecule has 3 heteroatoms. The molecule has 0 aliphatic rings. The van der Waals surface area contributed by atoms with Crippen LogP contribution in [0.3, 0.4) is 0 Å². The summed E-state index contributed by atoms with van der Waals surface area (Å²) in [6.45, 7) is 11.6. The Labute approximate surface area is 123 Å². The van der Waals surface area contributed by atoms with Crippen LogP contribution in [0.25, 0.3) is 0 Å². The Morgan fingerprint density at radius 2 is 1.75 bits per heavy atom. The topological polar surface area (TPSA) is 47.3 Å². The molecule has 0 spiro atoms. The molecular formula is C17H30N2O. The predicted molar refractivity (Wildman–Crippen MR) is 85.7 cm³/mol. The maximum absolute atomic E-state index is 5.75. The zero-order valence-electron chi connectivity index (χ0n) is 13.6. The molecule has 1 aromatic carbocycles. The number of nitrogens with one attached hydrogen (secondary N) is 1. The van der Waals surface area contributed by atoms with Crippen molar-refractivity contribution in [2.75, 3.05) is 6.61 Å². The third kappa shape index (κ3) is 4.89. The van der Waals surface area contributed by atoms with Crippen LogP contribution in [0, 0.1) is 0 Å². The lowest BCUT2D eigenvalue weighted by Crippen LogP contribution is -2.46. The van der Waals surface area contributed by atoms with Crippen molar-refractivity contribution < 1.29 is 4.74 Å². The second-order valence-electron chi connectivity index (χ2n) is 6.33. The minimum atomic E-state index is 0.153. The number of hydrazine groups is 1. The van der Waals surface area contributed by atoms with E-state index >= 15 is 0 Å². The van der Waals surface area contributed by atoms with Gasteiger partial charge >= 0.3 is 0 Å². The van der Waals surface area contributed by atoms with Crippen molar-refractivity contribution in [3.8, 4) is 0 Å². The van der Waals surface area contributed by atoms with Crippen molar-refractivity contribution >= 4 is 0 Å². The highest BCUT2D eigenvalue weighted by molar-refractivity contribution is 5.28. The van der Waals surface area contributed by atoms with E-state index in [0.29, 0.717) is 0 Å². The van der Waals surface area contributed by atoms with E-state index in [9.17, 15) is 0 Å². The van der Waals surface area contributed by atoms with Gasteiger partial charge in [-0.3, -0.25) is 11.3 Å². The molecule has 0 saturated heterocycles. The summed E-state index contributed by atoms with van der Waals surface area (Å²) in [4.78, 5) is 0. The van der Waals surface area contributed by atoms with E-state index in [4.69, 9.17) is 10.6 Å². The van der Waals surface area contributed by atoms with Gasteiger partial charge in [0.15, 0.2) is 0 Å². The Morgan fingerprint density at radius 3 is 2.15 bits per heavy atom. The summed E-state index contributed by atoms with van der Waals surface area (Å²) in [5.41, 5.74) is 5.75. The van der Waals surface area contributed by atoms with E-state index < -0.39 is 0 Å². The highest BCUT2D eigenvalue weighted by Crippen LogP contribution is 2.22. The normalized spacial score (nSPS) is 15.1. The van der Waals surface area contributed by atoms with E-state index in [1.807, 2.05) is 6.92 Å². The summed E-state index contributed by atoms with van der Waals surface area (Å²) in [6, 6.07) is 8.97. The molecule has 114 valence electrons. The number of hydrogen-bond acceptors (Lipinski definition) is 3. The van der Waals surface area contributed by atoms with Gasteiger partial charge in [0.2, 0.25) is 0 Å². The average molecular weight is 278 g/mol. The van der Waals surface area contributed by atoms with Gasteiger partial charge in [-0.1, -0.05) is 52.0 Å². The first kappa shape index (κ1) is 17.2. The van der Waals surface area contributed by atoms with E-state index in [-0.39, 0.29) is 17.6 Å². The highest BCUT2D eigenvalue weighted by atomic mass is 16.5. The summed E-state index contributed by atoms with van der Waals surface area (Å²) in [6.07, 6.45) is 2.01. The van der Waals surface area contributed by atoms with Gasteiger partial charge in [-0.2, -0.15) is 0 Å². The number of rotatable bonds is 7. The molecule has 0 amide bonds. The molecule has 1 rings (SSSR count). The quantitative estimate of drug-likeness (QED) is 0.595. The van der Waals surface area contributed by atoms with Crippen molar-refractivity contribution in [2.24, 2.45) is 5.84 Å². The van der Waals surface area contributed by atoms with Crippen molar-refractivity contribution in [1.29, 1.82) is 0 Å². The third-order valence-corrected chi connectivity index (χ3v) is 3.72. The van der Waals surface area contributed by atoms with Crippen LogP contribution in [0.1, 0.15) is 52.2 Å². The smallest absolute Gasteiger partial charge is 0.0741 e. The first-order valence-corrected chi connectivity index (χ1v) is 7.59. The van der Waals surface area contributed by atoms with Crippen LogP contribution in [0.2, 0.25) is 0 Å². The van der Waals surface area contributed by atoms with E-state index in [1.54, 1.807) is 0 Å². The Hall–Kier alpha value is -0.900. The first-order chi connectivity index (χ1) is 9.42. The van der Waals surface area contributed by atoms with Crippen LogP contribution < -0.4 is 11.3 Å². The van der Waals surface area contributed by atoms with Gasteiger partial charge in [0.1, 0.15) is 0 Å². The standard InChI is InChI=1S/C17H30N2O/c1-6-16(20-7-2)15(19-18)12-13-8-10-14(11-9-13)17(3,4)5/h8-11,15-16,19H,6-7,12,18H2,1-5H3. The molecule has 0 aliphatic carbocycles. The lowest BCUT2D eigenvalue weighted by atomic mass is 9.86. The Kier molecular flexibility index (Phi) is 6.66. The number of benzene rings is 1. The zero-order chi connectivity index (χ0) is 15.2. The lowest BCUT2D eigenvalue weighted by Gasteiger charge is -2.26. The molecule has 1 aromatic rings. The molecule has 0 aliphatic heterocycles. The first-order valence-electron chi connectivity index (χ1n) is 7.59. The lowest BCUT2D eigenvalue weighted by molar-refractivity contribution is 0.0319. The zero-order valence-corrected chi connectivity index (χ0v) is 13.6. The average Bonchev–Trinajstić information content (AvgIpc) is 2.42. The number of ether oxygens (including phenoxy) is 1. The maximum Gasteiger partial charge on any atom is 0.0741 e. The molecule has 3 N–H and O–H groups in total. The largest absolute Gasteiger partial charge is 0.377 e. The Balaban J connectivity index is 2.75. The summed E-state index contributed by atoms with van der Waals surface area (Å²) in [5, 5.41) is 0. The van der Waals surface area contributed by atoms with Crippen LogP contribution in [0.15, 0.2) is 24.3 Å². The molecule has 3 nitrogen and oxygen atoms in total. The van der Waals surface area contributed by atoms with Gasteiger partial charge in [0.05, 0.1) is 12.1 Å². The fourth-order valence-corrected chi connectivity index (χ4v) is 2.43.